The molecule has 3 rings (SSSR count). The summed E-state index contributed by atoms with van der Waals surface area (Å²) < 4.78 is 2.10. The Bertz CT molecular complexity index is 493. The summed E-state index contributed by atoms with van der Waals surface area (Å²) in [6, 6.07) is 0.524. The fourth-order valence-electron chi connectivity index (χ4n) is 2.42. The Labute approximate surface area is 104 Å². The molecule has 6 heteroatoms. The van der Waals surface area contributed by atoms with Crippen molar-refractivity contribution in [2.45, 2.75) is 31.8 Å². The van der Waals surface area contributed by atoms with Crippen LogP contribution in [-0.2, 0) is 16.1 Å². The smallest absolute Gasteiger partial charge is 0.308 e. The second kappa shape index (κ2) is 4.12. The zero-order valence-electron chi connectivity index (χ0n) is 9.95. The number of rotatable bonds is 4. The van der Waals surface area contributed by atoms with E-state index < -0.39 is 11.9 Å². The highest BCUT2D eigenvalue weighted by atomic mass is 16.4. The van der Waals surface area contributed by atoms with E-state index in [1.54, 1.807) is 17.4 Å². The van der Waals surface area contributed by atoms with Gasteiger partial charge in [0.05, 0.1) is 24.5 Å². The molecule has 1 amide bonds. The van der Waals surface area contributed by atoms with Crippen LogP contribution in [0.2, 0.25) is 0 Å². The van der Waals surface area contributed by atoms with Crippen molar-refractivity contribution in [3.8, 4) is 0 Å². The van der Waals surface area contributed by atoms with Gasteiger partial charge in [-0.1, -0.05) is 0 Å². The molecule has 2 heterocycles. The number of carbonyl (C=O) groups is 2. The Morgan fingerprint density at radius 3 is 2.89 bits per heavy atom. The lowest BCUT2D eigenvalue weighted by atomic mass is 10.1. The lowest BCUT2D eigenvalue weighted by Gasteiger charge is -2.17. The maximum Gasteiger partial charge on any atom is 0.308 e. The van der Waals surface area contributed by atoms with Crippen LogP contribution in [0.25, 0.3) is 0 Å². The first-order valence-corrected chi connectivity index (χ1v) is 6.16. The summed E-state index contributed by atoms with van der Waals surface area (Å²) in [6.45, 7) is 0.781. The number of nitrogens with zero attached hydrogens (tertiary/aromatic N) is 3. The van der Waals surface area contributed by atoms with Crippen LogP contribution in [0.3, 0.4) is 0 Å². The number of carboxylic acids is 1. The number of aliphatic carboxylic acids is 1. The first-order chi connectivity index (χ1) is 8.65. The quantitative estimate of drug-likeness (QED) is 0.850. The number of aromatic nitrogens is 2. The number of imidazole rings is 1. The SMILES string of the molecule is O=C(O)C1CC(=O)N(Cc2cncn2C2CC2)C1. The van der Waals surface area contributed by atoms with E-state index >= 15 is 0 Å². The second-order valence-corrected chi connectivity index (χ2v) is 5.04. The molecule has 1 saturated heterocycles. The van der Waals surface area contributed by atoms with E-state index in [1.807, 2.05) is 0 Å². The highest BCUT2D eigenvalue weighted by Gasteiger charge is 2.35. The van der Waals surface area contributed by atoms with Crippen molar-refractivity contribution in [3.05, 3.63) is 18.2 Å². The minimum Gasteiger partial charge on any atom is -0.481 e. The first kappa shape index (κ1) is 11.3. The van der Waals surface area contributed by atoms with Gasteiger partial charge in [-0.3, -0.25) is 9.59 Å². The molecule has 96 valence electrons. The monoisotopic (exact) mass is 249 g/mol. The van der Waals surface area contributed by atoms with E-state index in [0.29, 0.717) is 19.1 Å². The number of likely N-dealkylation sites (tertiary alicyclic amines) is 1. The van der Waals surface area contributed by atoms with Crippen LogP contribution >= 0.6 is 0 Å². The topological polar surface area (TPSA) is 75.4 Å². The van der Waals surface area contributed by atoms with E-state index in [0.717, 1.165) is 18.5 Å². The summed E-state index contributed by atoms with van der Waals surface area (Å²) in [5.74, 6) is -1.53. The molecule has 1 aliphatic carbocycles. The largest absolute Gasteiger partial charge is 0.481 e. The molecule has 2 aliphatic rings. The molecular weight excluding hydrogens is 234 g/mol. The normalized spacial score (nSPS) is 23.7. The summed E-state index contributed by atoms with van der Waals surface area (Å²) >= 11 is 0. The maximum absolute atomic E-state index is 11.7. The predicted molar refractivity (Wildman–Crippen MR) is 61.7 cm³/mol. The number of carbonyl (C=O) groups excluding carboxylic acids is 1. The molecule has 1 aromatic heterocycles. The van der Waals surface area contributed by atoms with Crippen LogP contribution in [0.1, 0.15) is 31.0 Å². The summed E-state index contributed by atoms with van der Waals surface area (Å²) in [4.78, 5) is 28.4. The lowest BCUT2D eigenvalue weighted by molar-refractivity contribution is -0.141. The van der Waals surface area contributed by atoms with Gasteiger partial charge in [-0.2, -0.15) is 0 Å². The van der Waals surface area contributed by atoms with Crippen molar-refractivity contribution in [3.63, 3.8) is 0 Å². The van der Waals surface area contributed by atoms with Crippen molar-refractivity contribution in [1.29, 1.82) is 0 Å². The fraction of sp³-hybridized carbons (Fsp3) is 0.583. The zero-order chi connectivity index (χ0) is 12.7. The van der Waals surface area contributed by atoms with Gasteiger partial charge in [0.1, 0.15) is 0 Å². The van der Waals surface area contributed by atoms with Gasteiger partial charge >= 0.3 is 5.97 Å². The van der Waals surface area contributed by atoms with Crippen LogP contribution in [0.15, 0.2) is 12.5 Å². The van der Waals surface area contributed by atoms with Crippen LogP contribution in [0.4, 0.5) is 0 Å². The van der Waals surface area contributed by atoms with E-state index in [-0.39, 0.29) is 12.3 Å². The van der Waals surface area contributed by atoms with E-state index in [2.05, 4.69) is 9.55 Å². The average Bonchev–Trinajstić information content (AvgIpc) is 2.96. The molecule has 1 aromatic rings. The Morgan fingerprint density at radius 2 is 2.28 bits per heavy atom. The molecule has 1 saturated carbocycles. The van der Waals surface area contributed by atoms with E-state index in [4.69, 9.17) is 5.11 Å². The first-order valence-electron chi connectivity index (χ1n) is 6.16. The fourth-order valence-corrected chi connectivity index (χ4v) is 2.42. The zero-order valence-corrected chi connectivity index (χ0v) is 9.95. The highest BCUT2D eigenvalue weighted by molar-refractivity contribution is 5.86. The van der Waals surface area contributed by atoms with Gasteiger partial charge in [0.2, 0.25) is 5.91 Å². The number of hydrogen-bond acceptors (Lipinski definition) is 3. The van der Waals surface area contributed by atoms with Crippen molar-refractivity contribution in [2.75, 3.05) is 6.54 Å². The predicted octanol–water partition coefficient (Wildman–Crippen LogP) is 0.651. The van der Waals surface area contributed by atoms with Crippen LogP contribution in [-0.4, -0.2) is 38.0 Å². The molecule has 0 aromatic carbocycles. The minimum atomic E-state index is -0.887. The van der Waals surface area contributed by atoms with E-state index in [9.17, 15) is 9.59 Å². The second-order valence-electron chi connectivity index (χ2n) is 5.04. The lowest BCUT2D eigenvalue weighted by Crippen LogP contribution is -2.26. The van der Waals surface area contributed by atoms with Crippen molar-refractivity contribution in [2.24, 2.45) is 5.92 Å². The van der Waals surface area contributed by atoms with Crippen molar-refractivity contribution in [1.82, 2.24) is 14.5 Å². The van der Waals surface area contributed by atoms with Gasteiger partial charge in [-0.25, -0.2) is 4.98 Å². The minimum absolute atomic E-state index is 0.0778. The average molecular weight is 249 g/mol. The van der Waals surface area contributed by atoms with Gasteiger partial charge in [-0.15, -0.1) is 0 Å². The molecule has 1 unspecified atom stereocenters. The molecule has 18 heavy (non-hydrogen) atoms. The standard InChI is InChI=1S/C12H15N3O3/c16-11-3-8(12(17)18)5-14(11)6-10-4-13-7-15(10)9-1-2-9/h4,7-9H,1-3,5-6H2,(H,17,18). The number of carboxylic acid groups (broad SMARTS) is 1. The highest BCUT2D eigenvalue weighted by Crippen LogP contribution is 2.36. The Morgan fingerprint density at radius 1 is 1.50 bits per heavy atom. The molecule has 1 N–H and O–H groups in total. The number of amides is 1. The molecular formula is C12H15N3O3. The van der Waals surface area contributed by atoms with Crippen molar-refractivity contribution < 1.29 is 14.7 Å². The van der Waals surface area contributed by atoms with Crippen LogP contribution < -0.4 is 0 Å². The third-order valence-corrected chi connectivity index (χ3v) is 3.60. The molecule has 6 nitrogen and oxygen atoms in total. The third kappa shape index (κ3) is 1.98. The van der Waals surface area contributed by atoms with Gasteiger partial charge in [0.25, 0.3) is 0 Å². The van der Waals surface area contributed by atoms with Crippen molar-refractivity contribution >= 4 is 11.9 Å². The molecule has 1 atom stereocenters. The molecule has 1 aliphatic heterocycles. The molecule has 0 spiro atoms. The third-order valence-electron chi connectivity index (χ3n) is 3.60. The summed E-state index contributed by atoms with van der Waals surface area (Å²) in [6.07, 6.45) is 6.00. The Kier molecular flexibility index (Phi) is 2.57. The maximum atomic E-state index is 11.7. The van der Waals surface area contributed by atoms with Crippen LogP contribution in [0, 0.1) is 5.92 Å². The summed E-state index contributed by atoms with van der Waals surface area (Å²) in [7, 11) is 0. The Hall–Kier alpha value is -1.85. The van der Waals surface area contributed by atoms with E-state index in [1.165, 1.54) is 0 Å². The van der Waals surface area contributed by atoms with Gasteiger partial charge in [-0.05, 0) is 12.8 Å². The molecule has 2 fully saturated rings. The van der Waals surface area contributed by atoms with Gasteiger partial charge < -0.3 is 14.6 Å². The van der Waals surface area contributed by atoms with Gasteiger partial charge in [0.15, 0.2) is 0 Å². The number of hydrogen-bond donors (Lipinski definition) is 1. The molecule has 0 radical (unpaired) electrons. The van der Waals surface area contributed by atoms with Gasteiger partial charge in [0, 0.05) is 25.2 Å². The summed E-state index contributed by atoms with van der Waals surface area (Å²) in [5.41, 5.74) is 0.997. The molecule has 0 bridgehead atoms. The Balaban J connectivity index is 1.71. The summed E-state index contributed by atoms with van der Waals surface area (Å²) in [5, 5.41) is 8.93. The van der Waals surface area contributed by atoms with Crippen LogP contribution in [0.5, 0.6) is 0 Å².